The second-order valence-electron chi connectivity index (χ2n) is 3.97. The van der Waals surface area contributed by atoms with Crippen LogP contribution in [0.1, 0.15) is 19.4 Å². The first-order valence-electron chi connectivity index (χ1n) is 4.59. The summed E-state index contributed by atoms with van der Waals surface area (Å²) in [4.78, 5) is 0. The van der Waals surface area contributed by atoms with Gasteiger partial charge in [-0.25, -0.2) is 0 Å². The maximum absolute atomic E-state index is 9.30. The van der Waals surface area contributed by atoms with E-state index in [4.69, 9.17) is 10.5 Å². The zero-order chi connectivity index (χ0) is 10.8. The van der Waals surface area contributed by atoms with Crippen molar-refractivity contribution in [2.45, 2.75) is 19.3 Å². The van der Waals surface area contributed by atoms with E-state index in [1.165, 1.54) is 0 Å². The Hall–Kier alpha value is -1.22. The molecule has 0 radical (unpaired) electrons. The number of aromatic hydroxyl groups is 1. The van der Waals surface area contributed by atoms with Gasteiger partial charge in [0.1, 0.15) is 11.5 Å². The molecule has 0 aromatic heterocycles. The summed E-state index contributed by atoms with van der Waals surface area (Å²) in [5.41, 5.74) is 6.56. The van der Waals surface area contributed by atoms with Crippen molar-refractivity contribution in [1.29, 1.82) is 0 Å². The molecule has 0 bridgehead atoms. The SMILES string of the molecule is COc1cc(O)ccc1C(C)(C)CN. The third-order valence-corrected chi connectivity index (χ3v) is 2.42. The predicted octanol–water partition coefficient (Wildman–Crippen LogP) is 1.64. The normalized spacial score (nSPS) is 11.4. The molecule has 0 unspecified atom stereocenters. The molecule has 0 atom stereocenters. The Balaban J connectivity index is 3.20. The molecule has 0 amide bonds. The summed E-state index contributed by atoms with van der Waals surface area (Å²) in [6, 6.07) is 5.10. The minimum Gasteiger partial charge on any atom is -0.508 e. The summed E-state index contributed by atoms with van der Waals surface area (Å²) in [6.07, 6.45) is 0. The van der Waals surface area contributed by atoms with Gasteiger partial charge in [0, 0.05) is 23.6 Å². The van der Waals surface area contributed by atoms with Crippen molar-refractivity contribution in [3.8, 4) is 11.5 Å². The summed E-state index contributed by atoms with van der Waals surface area (Å²) in [5, 5.41) is 9.30. The molecule has 0 heterocycles. The van der Waals surface area contributed by atoms with Crippen molar-refractivity contribution in [2.75, 3.05) is 13.7 Å². The second-order valence-corrected chi connectivity index (χ2v) is 3.97. The number of phenols is 1. The van der Waals surface area contributed by atoms with Crippen LogP contribution >= 0.6 is 0 Å². The largest absolute Gasteiger partial charge is 0.508 e. The maximum atomic E-state index is 9.30. The highest BCUT2D eigenvalue weighted by Gasteiger charge is 2.22. The summed E-state index contributed by atoms with van der Waals surface area (Å²) in [6.45, 7) is 4.62. The number of nitrogens with two attached hydrogens (primary N) is 1. The highest BCUT2D eigenvalue weighted by Crippen LogP contribution is 2.33. The number of methoxy groups -OCH3 is 1. The summed E-state index contributed by atoms with van der Waals surface area (Å²) >= 11 is 0. The van der Waals surface area contributed by atoms with Gasteiger partial charge in [0.25, 0.3) is 0 Å². The minimum absolute atomic E-state index is 0.140. The lowest BCUT2D eigenvalue weighted by molar-refractivity contribution is 0.388. The molecule has 3 nitrogen and oxygen atoms in total. The number of hydrogen-bond acceptors (Lipinski definition) is 3. The zero-order valence-electron chi connectivity index (χ0n) is 8.87. The van der Waals surface area contributed by atoms with Crippen LogP contribution in [0.4, 0.5) is 0 Å². The van der Waals surface area contributed by atoms with Crippen molar-refractivity contribution in [2.24, 2.45) is 5.73 Å². The second kappa shape index (κ2) is 3.88. The summed E-state index contributed by atoms with van der Waals surface area (Å²) < 4.78 is 5.20. The number of phenolic OH excluding ortho intramolecular Hbond substituents is 1. The third kappa shape index (κ3) is 1.99. The van der Waals surface area contributed by atoms with E-state index in [9.17, 15) is 5.11 Å². The van der Waals surface area contributed by atoms with E-state index in [1.807, 2.05) is 19.9 Å². The smallest absolute Gasteiger partial charge is 0.126 e. The van der Waals surface area contributed by atoms with Gasteiger partial charge in [-0.2, -0.15) is 0 Å². The van der Waals surface area contributed by atoms with Crippen LogP contribution in [0.3, 0.4) is 0 Å². The van der Waals surface area contributed by atoms with Crippen LogP contribution in [0.15, 0.2) is 18.2 Å². The Labute approximate surface area is 84.5 Å². The molecule has 0 aliphatic carbocycles. The summed E-state index contributed by atoms with van der Waals surface area (Å²) in [7, 11) is 1.59. The van der Waals surface area contributed by atoms with Gasteiger partial charge in [-0.05, 0) is 6.07 Å². The lowest BCUT2D eigenvalue weighted by atomic mass is 9.84. The quantitative estimate of drug-likeness (QED) is 0.770. The maximum Gasteiger partial charge on any atom is 0.126 e. The first-order chi connectivity index (χ1) is 6.51. The van der Waals surface area contributed by atoms with Gasteiger partial charge < -0.3 is 15.6 Å². The van der Waals surface area contributed by atoms with Gasteiger partial charge in [0.15, 0.2) is 0 Å². The molecule has 0 saturated heterocycles. The van der Waals surface area contributed by atoms with Gasteiger partial charge >= 0.3 is 0 Å². The van der Waals surface area contributed by atoms with Crippen LogP contribution in [0.2, 0.25) is 0 Å². The van der Waals surface area contributed by atoms with Gasteiger partial charge in [0.2, 0.25) is 0 Å². The monoisotopic (exact) mass is 195 g/mol. The van der Waals surface area contributed by atoms with E-state index < -0.39 is 0 Å². The fraction of sp³-hybridized carbons (Fsp3) is 0.455. The van der Waals surface area contributed by atoms with Crippen LogP contribution in [0.5, 0.6) is 11.5 Å². The van der Waals surface area contributed by atoms with Crippen LogP contribution in [0.25, 0.3) is 0 Å². The van der Waals surface area contributed by atoms with Gasteiger partial charge in [0.05, 0.1) is 7.11 Å². The molecule has 0 saturated carbocycles. The van der Waals surface area contributed by atoms with Crippen molar-refractivity contribution < 1.29 is 9.84 Å². The number of ether oxygens (including phenoxy) is 1. The van der Waals surface area contributed by atoms with Gasteiger partial charge in [-0.15, -0.1) is 0 Å². The highest BCUT2D eigenvalue weighted by atomic mass is 16.5. The molecule has 3 heteroatoms. The number of hydrogen-bond donors (Lipinski definition) is 2. The Kier molecular flexibility index (Phi) is 3.01. The van der Waals surface area contributed by atoms with Gasteiger partial charge in [-0.1, -0.05) is 19.9 Å². The van der Waals surface area contributed by atoms with Crippen LogP contribution in [-0.2, 0) is 5.41 Å². The molecule has 3 N–H and O–H groups in total. The lowest BCUT2D eigenvalue weighted by Gasteiger charge is -2.25. The Morgan fingerprint density at radius 3 is 2.57 bits per heavy atom. The fourth-order valence-electron chi connectivity index (χ4n) is 1.35. The molecule has 0 fully saturated rings. The van der Waals surface area contributed by atoms with Crippen molar-refractivity contribution in [3.05, 3.63) is 23.8 Å². The standard InChI is InChI=1S/C11H17NO2/c1-11(2,7-12)9-5-4-8(13)6-10(9)14-3/h4-6,13H,7,12H2,1-3H3. The Morgan fingerprint density at radius 2 is 2.07 bits per heavy atom. The zero-order valence-corrected chi connectivity index (χ0v) is 8.87. The van der Waals surface area contributed by atoms with E-state index in [0.29, 0.717) is 12.3 Å². The van der Waals surface area contributed by atoms with Crippen molar-refractivity contribution >= 4 is 0 Å². The van der Waals surface area contributed by atoms with Crippen LogP contribution in [0, 0.1) is 0 Å². The molecule has 1 aromatic rings. The average molecular weight is 195 g/mol. The van der Waals surface area contributed by atoms with Crippen molar-refractivity contribution in [3.63, 3.8) is 0 Å². The van der Waals surface area contributed by atoms with Gasteiger partial charge in [-0.3, -0.25) is 0 Å². The number of rotatable bonds is 3. The van der Waals surface area contributed by atoms with Crippen LogP contribution < -0.4 is 10.5 Å². The van der Waals surface area contributed by atoms with Crippen LogP contribution in [-0.4, -0.2) is 18.8 Å². The predicted molar refractivity (Wildman–Crippen MR) is 56.7 cm³/mol. The van der Waals surface area contributed by atoms with E-state index in [2.05, 4.69) is 0 Å². The Bertz CT molecular complexity index is 321. The Morgan fingerprint density at radius 1 is 1.43 bits per heavy atom. The first-order valence-corrected chi connectivity index (χ1v) is 4.59. The van der Waals surface area contributed by atoms with E-state index >= 15 is 0 Å². The molecule has 78 valence electrons. The van der Waals surface area contributed by atoms with E-state index in [1.54, 1.807) is 19.2 Å². The van der Waals surface area contributed by atoms with E-state index in [-0.39, 0.29) is 11.2 Å². The molecule has 0 aliphatic heterocycles. The molecule has 1 rings (SSSR count). The molecule has 0 aliphatic rings. The average Bonchev–Trinajstić information content (AvgIpc) is 2.17. The number of benzene rings is 1. The molecular weight excluding hydrogens is 178 g/mol. The molecule has 14 heavy (non-hydrogen) atoms. The lowest BCUT2D eigenvalue weighted by Crippen LogP contribution is -2.28. The third-order valence-electron chi connectivity index (χ3n) is 2.42. The molecule has 0 spiro atoms. The van der Waals surface area contributed by atoms with E-state index in [0.717, 1.165) is 5.56 Å². The molecule has 1 aromatic carbocycles. The fourth-order valence-corrected chi connectivity index (χ4v) is 1.35. The summed E-state index contributed by atoms with van der Waals surface area (Å²) in [5.74, 6) is 0.888. The first kappa shape index (κ1) is 10.9. The molecular formula is C11H17NO2. The topological polar surface area (TPSA) is 55.5 Å². The minimum atomic E-state index is -0.140. The highest BCUT2D eigenvalue weighted by molar-refractivity contribution is 5.44. The van der Waals surface area contributed by atoms with Crippen molar-refractivity contribution in [1.82, 2.24) is 0 Å².